The Labute approximate surface area is 100 Å². The van der Waals surface area contributed by atoms with Gasteiger partial charge in [0.25, 0.3) is 0 Å². The smallest absolute Gasteiger partial charge is 0.0462 e. The van der Waals surface area contributed by atoms with Gasteiger partial charge in [0.1, 0.15) is 0 Å². The average molecular weight is 225 g/mol. The van der Waals surface area contributed by atoms with Crippen molar-refractivity contribution in [2.24, 2.45) is 23.7 Å². The van der Waals surface area contributed by atoms with Crippen LogP contribution < -0.4 is 0 Å². The minimum absolute atomic E-state index is 0.409. The number of aliphatic hydroxyl groups excluding tert-OH is 1. The minimum atomic E-state index is 0.409. The molecule has 2 nitrogen and oxygen atoms in total. The molecular formula is C14H27NO. The lowest BCUT2D eigenvalue weighted by Crippen LogP contribution is -2.51. The van der Waals surface area contributed by atoms with Gasteiger partial charge in [-0.05, 0) is 36.5 Å². The van der Waals surface area contributed by atoms with Crippen LogP contribution >= 0.6 is 0 Å². The highest BCUT2D eigenvalue weighted by Crippen LogP contribution is 2.33. The fraction of sp³-hybridized carbons (Fsp3) is 1.00. The topological polar surface area (TPSA) is 23.5 Å². The molecule has 2 fully saturated rings. The maximum absolute atomic E-state index is 9.39. The second-order valence-corrected chi connectivity index (χ2v) is 6.21. The highest BCUT2D eigenvalue weighted by atomic mass is 16.3. The largest absolute Gasteiger partial charge is 0.396 e. The molecule has 1 aliphatic heterocycles. The van der Waals surface area contributed by atoms with E-state index in [1.54, 1.807) is 0 Å². The highest BCUT2D eigenvalue weighted by molar-refractivity contribution is 4.86. The van der Waals surface area contributed by atoms with E-state index in [-0.39, 0.29) is 0 Å². The number of likely N-dealkylation sites (tertiary alicyclic amines) is 1. The Bertz CT molecular complexity index is 211. The first-order valence-corrected chi connectivity index (χ1v) is 7.04. The Morgan fingerprint density at radius 2 is 1.75 bits per heavy atom. The van der Waals surface area contributed by atoms with E-state index in [2.05, 4.69) is 18.7 Å². The van der Waals surface area contributed by atoms with Crippen LogP contribution in [0.2, 0.25) is 0 Å². The zero-order chi connectivity index (χ0) is 11.5. The molecule has 2 heteroatoms. The van der Waals surface area contributed by atoms with Crippen molar-refractivity contribution in [2.45, 2.75) is 39.5 Å². The third-order valence-electron chi connectivity index (χ3n) is 4.72. The molecule has 1 heterocycles. The van der Waals surface area contributed by atoms with Crippen molar-refractivity contribution in [1.29, 1.82) is 0 Å². The molecule has 0 aromatic rings. The van der Waals surface area contributed by atoms with Crippen LogP contribution in [0, 0.1) is 23.7 Å². The van der Waals surface area contributed by atoms with Crippen LogP contribution in [0.4, 0.5) is 0 Å². The van der Waals surface area contributed by atoms with Crippen molar-refractivity contribution in [2.75, 3.05) is 26.2 Å². The second kappa shape index (κ2) is 5.50. The molecule has 0 aromatic heterocycles. The molecule has 0 bridgehead atoms. The number of hydrogen-bond acceptors (Lipinski definition) is 2. The molecule has 2 atom stereocenters. The van der Waals surface area contributed by atoms with Gasteiger partial charge in [0, 0.05) is 26.2 Å². The maximum Gasteiger partial charge on any atom is 0.0462 e. The lowest BCUT2D eigenvalue weighted by Gasteiger charge is -2.45. The van der Waals surface area contributed by atoms with Crippen LogP contribution in [-0.2, 0) is 0 Å². The SMILES string of the molecule is CC(C)C1CN(CC2CCCCC2CO)C1. The molecule has 1 N–H and O–H groups in total. The number of hydrogen-bond donors (Lipinski definition) is 1. The summed E-state index contributed by atoms with van der Waals surface area (Å²) in [5, 5.41) is 9.39. The van der Waals surface area contributed by atoms with Crippen molar-refractivity contribution in [3.05, 3.63) is 0 Å². The molecule has 0 radical (unpaired) electrons. The number of rotatable bonds is 4. The molecule has 0 aromatic carbocycles. The van der Waals surface area contributed by atoms with Crippen molar-refractivity contribution in [3.63, 3.8) is 0 Å². The predicted molar refractivity (Wildman–Crippen MR) is 67.3 cm³/mol. The van der Waals surface area contributed by atoms with E-state index >= 15 is 0 Å². The minimum Gasteiger partial charge on any atom is -0.396 e. The highest BCUT2D eigenvalue weighted by Gasteiger charge is 2.33. The first-order chi connectivity index (χ1) is 7.70. The van der Waals surface area contributed by atoms with Crippen LogP contribution in [0.25, 0.3) is 0 Å². The number of aliphatic hydroxyl groups is 1. The van der Waals surface area contributed by atoms with Crippen LogP contribution in [-0.4, -0.2) is 36.2 Å². The van der Waals surface area contributed by atoms with Crippen molar-refractivity contribution < 1.29 is 5.11 Å². The molecule has 2 aliphatic rings. The van der Waals surface area contributed by atoms with Gasteiger partial charge in [-0.3, -0.25) is 0 Å². The molecule has 1 aliphatic carbocycles. The fourth-order valence-corrected chi connectivity index (χ4v) is 3.28. The standard InChI is InChI=1S/C14H27NO/c1-11(2)14-8-15(9-14)7-12-5-3-4-6-13(12)10-16/h11-14,16H,3-10H2,1-2H3. The average Bonchev–Trinajstić information content (AvgIpc) is 2.22. The first-order valence-electron chi connectivity index (χ1n) is 7.04. The normalized spacial score (nSPS) is 33.0. The molecule has 2 unspecified atom stereocenters. The van der Waals surface area contributed by atoms with Crippen molar-refractivity contribution in [3.8, 4) is 0 Å². The summed E-state index contributed by atoms with van der Waals surface area (Å²) < 4.78 is 0. The summed E-state index contributed by atoms with van der Waals surface area (Å²) in [7, 11) is 0. The Morgan fingerprint density at radius 3 is 2.31 bits per heavy atom. The van der Waals surface area contributed by atoms with Crippen molar-refractivity contribution in [1.82, 2.24) is 4.90 Å². The van der Waals surface area contributed by atoms with Crippen molar-refractivity contribution >= 4 is 0 Å². The Balaban J connectivity index is 1.73. The molecule has 16 heavy (non-hydrogen) atoms. The summed E-state index contributed by atoms with van der Waals surface area (Å²) in [6.07, 6.45) is 5.30. The van der Waals surface area contributed by atoms with Gasteiger partial charge in [0.05, 0.1) is 0 Å². The van der Waals surface area contributed by atoms with Gasteiger partial charge in [-0.1, -0.05) is 26.7 Å². The molecule has 2 rings (SSSR count). The summed E-state index contributed by atoms with van der Waals surface area (Å²) in [6, 6.07) is 0. The molecule has 1 saturated heterocycles. The van der Waals surface area contributed by atoms with E-state index in [1.165, 1.54) is 45.3 Å². The lowest BCUT2D eigenvalue weighted by molar-refractivity contribution is 0.0241. The van der Waals surface area contributed by atoms with E-state index < -0.39 is 0 Å². The first kappa shape index (κ1) is 12.4. The van der Waals surface area contributed by atoms with Gasteiger partial charge in [0.15, 0.2) is 0 Å². The van der Waals surface area contributed by atoms with Gasteiger partial charge in [-0.2, -0.15) is 0 Å². The van der Waals surface area contributed by atoms with Gasteiger partial charge in [-0.15, -0.1) is 0 Å². The third kappa shape index (κ3) is 2.78. The van der Waals surface area contributed by atoms with E-state index in [1.807, 2.05) is 0 Å². The lowest BCUT2D eigenvalue weighted by atomic mass is 9.78. The molecule has 1 saturated carbocycles. The fourth-order valence-electron chi connectivity index (χ4n) is 3.28. The Kier molecular flexibility index (Phi) is 4.26. The summed E-state index contributed by atoms with van der Waals surface area (Å²) in [5.41, 5.74) is 0. The van der Waals surface area contributed by atoms with Crippen LogP contribution in [0.5, 0.6) is 0 Å². The summed E-state index contributed by atoms with van der Waals surface area (Å²) in [4.78, 5) is 2.60. The van der Waals surface area contributed by atoms with E-state index in [4.69, 9.17) is 0 Å². The summed E-state index contributed by atoms with van der Waals surface area (Å²) in [5.74, 6) is 3.13. The maximum atomic E-state index is 9.39. The van der Waals surface area contributed by atoms with Gasteiger partial charge in [0.2, 0.25) is 0 Å². The van der Waals surface area contributed by atoms with Gasteiger partial charge in [-0.25, -0.2) is 0 Å². The summed E-state index contributed by atoms with van der Waals surface area (Å²) >= 11 is 0. The van der Waals surface area contributed by atoms with E-state index in [0.717, 1.165) is 17.8 Å². The van der Waals surface area contributed by atoms with E-state index in [9.17, 15) is 5.11 Å². The zero-order valence-electron chi connectivity index (χ0n) is 10.9. The van der Waals surface area contributed by atoms with Gasteiger partial charge < -0.3 is 10.0 Å². The van der Waals surface area contributed by atoms with Crippen LogP contribution in [0.1, 0.15) is 39.5 Å². The van der Waals surface area contributed by atoms with E-state index in [0.29, 0.717) is 12.5 Å². The quantitative estimate of drug-likeness (QED) is 0.794. The number of nitrogens with zero attached hydrogens (tertiary/aromatic N) is 1. The third-order valence-corrected chi connectivity index (χ3v) is 4.72. The van der Waals surface area contributed by atoms with Crippen LogP contribution in [0.3, 0.4) is 0 Å². The molecule has 0 spiro atoms. The van der Waals surface area contributed by atoms with Crippen LogP contribution in [0.15, 0.2) is 0 Å². The molecule has 0 amide bonds. The predicted octanol–water partition coefficient (Wildman–Crippen LogP) is 2.37. The Morgan fingerprint density at radius 1 is 1.12 bits per heavy atom. The Hall–Kier alpha value is -0.0800. The zero-order valence-corrected chi connectivity index (χ0v) is 10.9. The molecule has 94 valence electrons. The molecular weight excluding hydrogens is 198 g/mol. The monoisotopic (exact) mass is 225 g/mol. The van der Waals surface area contributed by atoms with Gasteiger partial charge >= 0.3 is 0 Å². The summed E-state index contributed by atoms with van der Waals surface area (Å²) in [6.45, 7) is 8.91. The second-order valence-electron chi connectivity index (χ2n) is 6.21.